The van der Waals surface area contributed by atoms with Crippen LogP contribution >= 0.6 is 11.6 Å². The van der Waals surface area contributed by atoms with Gasteiger partial charge in [0.05, 0.1) is 27.8 Å². The summed E-state index contributed by atoms with van der Waals surface area (Å²) < 4.78 is 37.3. The number of hydrogen-bond acceptors (Lipinski definition) is 2. The molecule has 0 saturated heterocycles. The van der Waals surface area contributed by atoms with Crippen LogP contribution in [0.4, 0.5) is 13.2 Å². The maximum absolute atomic E-state index is 12.4. The molecular weight excluding hydrogens is 243 g/mol. The molecule has 6 heteroatoms. The highest BCUT2D eigenvalue weighted by atomic mass is 35.5. The molecule has 0 unspecified atom stereocenters. The van der Waals surface area contributed by atoms with E-state index in [1.807, 2.05) is 0 Å². The zero-order valence-electron chi connectivity index (χ0n) is 8.02. The fourth-order valence-corrected chi connectivity index (χ4v) is 1.64. The van der Waals surface area contributed by atoms with Crippen LogP contribution in [0.1, 0.15) is 28.4 Å². The molecule has 16 heavy (non-hydrogen) atoms. The lowest BCUT2D eigenvalue weighted by atomic mass is 10.0. The van der Waals surface area contributed by atoms with Crippen LogP contribution in [-0.2, 0) is 6.18 Å². The first-order valence-corrected chi connectivity index (χ1v) is 4.47. The molecule has 0 aliphatic heterocycles. The summed E-state index contributed by atoms with van der Waals surface area (Å²) in [4.78, 5) is 11.1. The second kappa shape index (κ2) is 4.14. The van der Waals surface area contributed by atoms with Gasteiger partial charge in [0.1, 0.15) is 0 Å². The van der Waals surface area contributed by atoms with E-state index < -0.39 is 22.5 Å². The van der Waals surface area contributed by atoms with Crippen molar-refractivity contribution in [3.05, 3.63) is 33.8 Å². The standard InChI is InChI=1S/C10H5ClF3NO/c1-5(16)8-6(4-15)2-3-7(9(8)11)10(12,13)14/h2-3H,1H3. The first-order valence-electron chi connectivity index (χ1n) is 4.09. The van der Waals surface area contributed by atoms with Gasteiger partial charge in [-0.05, 0) is 19.1 Å². The third kappa shape index (κ3) is 2.17. The third-order valence-electron chi connectivity index (χ3n) is 1.92. The van der Waals surface area contributed by atoms with Crippen molar-refractivity contribution in [2.24, 2.45) is 0 Å². The van der Waals surface area contributed by atoms with Crippen LogP contribution in [0.2, 0.25) is 5.02 Å². The van der Waals surface area contributed by atoms with Crippen molar-refractivity contribution in [1.82, 2.24) is 0 Å². The van der Waals surface area contributed by atoms with Gasteiger partial charge in [0.15, 0.2) is 5.78 Å². The molecule has 84 valence electrons. The lowest BCUT2D eigenvalue weighted by Crippen LogP contribution is -2.10. The molecule has 0 saturated carbocycles. The van der Waals surface area contributed by atoms with E-state index in [1.54, 1.807) is 6.07 Å². The molecular formula is C10H5ClF3NO. The first kappa shape index (κ1) is 12.5. The molecule has 0 bridgehead atoms. The summed E-state index contributed by atoms with van der Waals surface area (Å²) in [6.45, 7) is 1.06. The number of Topliss-reactive ketones (excluding diaryl/α,β-unsaturated/α-hetero) is 1. The number of alkyl halides is 3. The van der Waals surface area contributed by atoms with Crippen molar-refractivity contribution in [2.45, 2.75) is 13.1 Å². The normalized spacial score (nSPS) is 11.0. The topological polar surface area (TPSA) is 40.9 Å². The van der Waals surface area contributed by atoms with E-state index in [0.717, 1.165) is 13.0 Å². The van der Waals surface area contributed by atoms with E-state index in [-0.39, 0.29) is 11.1 Å². The lowest BCUT2D eigenvalue weighted by molar-refractivity contribution is -0.137. The second-order valence-electron chi connectivity index (χ2n) is 3.02. The van der Waals surface area contributed by atoms with Gasteiger partial charge >= 0.3 is 6.18 Å². The number of halogens is 4. The summed E-state index contributed by atoms with van der Waals surface area (Å²) in [7, 11) is 0. The molecule has 0 aliphatic carbocycles. The Morgan fingerprint density at radius 3 is 2.38 bits per heavy atom. The van der Waals surface area contributed by atoms with Crippen LogP contribution in [-0.4, -0.2) is 5.78 Å². The van der Waals surface area contributed by atoms with Crippen LogP contribution in [0.15, 0.2) is 12.1 Å². The Morgan fingerprint density at radius 2 is 2.00 bits per heavy atom. The maximum Gasteiger partial charge on any atom is 0.417 e. The van der Waals surface area contributed by atoms with Crippen LogP contribution in [0, 0.1) is 11.3 Å². The van der Waals surface area contributed by atoms with Crippen LogP contribution in [0.5, 0.6) is 0 Å². The Labute approximate surface area is 94.2 Å². The number of nitrogens with zero attached hydrogens (tertiary/aromatic N) is 1. The molecule has 0 radical (unpaired) electrons. The lowest BCUT2D eigenvalue weighted by Gasteiger charge is -2.11. The summed E-state index contributed by atoms with van der Waals surface area (Å²) >= 11 is 5.48. The van der Waals surface area contributed by atoms with E-state index in [4.69, 9.17) is 16.9 Å². The Kier molecular flexibility index (Phi) is 3.24. The fraction of sp³-hybridized carbons (Fsp3) is 0.200. The summed E-state index contributed by atoms with van der Waals surface area (Å²) in [6, 6.07) is 3.25. The summed E-state index contributed by atoms with van der Waals surface area (Å²) in [5.41, 5.74) is -1.66. The highest BCUT2D eigenvalue weighted by molar-refractivity contribution is 6.35. The van der Waals surface area contributed by atoms with Gasteiger partial charge in [-0.1, -0.05) is 11.6 Å². The number of rotatable bonds is 1. The quantitative estimate of drug-likeness (QED) is 0.714. The number of ketones is 1. The maximum atomic E-state index is 12.4. The van der Waals surface area contributed by atoms with Gasteiger partial charge in [0.25, 0.3) is 0 Å². The van der Waals surface area contributed by atoms with Gasteiger partial charge in [-0.25, -0.2) is 0 Å². The molecule has 1 aromatic carbocycles. The molecule has 0 aromatic heterocycles. The molecule has 0 aliphatic rings. The molecule has 0 N–H and O–H groups in total. The summed E-state index contributed by atoms with van der Waals surface area (Å²) in [5.74, 6) is -0.673. The smallest absolute Gasteiger partial charge is 0.294 e. The average Bonchev–Trinajstić information content (AvgIpc) is 2.14. The highest BCUT2D eigenvalue weighted by Crippen LogP contribution is 2.37. The van der Waals surface area contributed by atoms with Gasteiger partial charge < -0.3 is 0 Å². The number of carbonyl (C=O) groups excluding carboxylic acids is 1. The second-order valence-corrected chi connectivity index (χ2v) is 3.39. The van der Waals surface area contributed by atoms with Gasteiger partial charge in [0, 0.05) is 0 Å². The fourth-order valence-electron chi connectivity index (χ4n) is 1.23. The molecule has 1 aromatic rings. The van der Waals surface area contributed by atoms with Crippen molar-refractivity contribution in [2.75, 3.05) is 0 Å². The highest BCUT2D eigenvalue weighted by Gasteiger charge is 2.35. The molecule has 0 heterocycles. The summed E-state index contributed by atoms with van der Waals surface area (Å²) in [6.07, 6.45) is -4.64. The molecule has 0 amide bonds. The summed E-state index contributed by atoms with van der Waals surface area (Å²) in [5, 5.41) is 7.92. The first-order chi connectivity index (χ1) is 7.29. The Hall–Kier alpha value is -1.54. The molecule has 2 nitrogen and oxygen atoms in total. The molecule has 0 spiro atoms. The van der Waals surface area contributed by atoms with Crippen LogP contribution in [0.25, 0.3) is 0 Å². The van der Waals surface area contributed by atoms with Crippen LogP contribution < -0.4 is 0 Å². The van der Waals surface area contributed by atoms with Gasteiger partial charge in [0.2, 0.25) is 0 Å². The van der Waals surface area contributed by atoms with Crippen molar-refractivity contribution in [3.63, 3.8) is 0 Å². The average molecular weight is 248 g/mol. The molecule has 0 fully saturated rings. The molecule has 1 rings (SSSR count). The number of hydrogen-bond donors (Lipinski definition) is 0. The predicted molar refractivity (Wildman–Crippen MR) is 51.2 cm³/mol. The van der Waals surface area contributed by atoms with Crippen molar-refractivity contribution < 1.29 is 18.0 Å². The third-order valence-corrected chi connectivity index (χ3v) is 2.31. The predicted octanol–water partition coefficient (Wildman–Crippen LogP) is 3.43. The largest absolute Gasteiger partial charge is 0.417 e. The van der Waals surface area contributed by atoms with Crippen molar-refractivity contribution in [1.29, 1.82) is 5.26 Å². The number of benzene rings is 1. The zero-order valence-corrected chi connectivity index (χ0v) is 8.78. The minimum Gasteiger partial charge on any atom is -0.294 e. The van der Waals surface area contributed by atoms with E-state index in [9.17, 15) is 18.0 Å². The van der Waals surface area contributed by atoms with E-state index >= 15 is 0 Å². The number of carbonyl (C=O) groups is 1. The SMILES string of the molecule is CC(=O)c1c(C#N)ccc(C(F)(F)F)c1Cl. The monoisotopic (exact) mass is 247 g/mol. The Morgan fingerprint density at radius 1 is 1.44 bits per heavy atom. The van der Waals surface area contributed by atoms with Gasteiger partial charge in [-0.2, -0.15) is 18.4 Å². The zero-order chi connectivity index (χ0) is 12.5. The number of nitriles is 1. The van der Waals surface area contributed by atoms with E-state index in [2.05, 4.69) is 0 Å². The van der Waals surface area contributed by atoms with Gasteiger partial charge in [-0.15, -0.1) is 0 Å². The van der Waals surface area contributed by atoms with Crippen molar-refractivity contribution in [3.8, 4) is 6.07 Å². The van der Waals surface area contributed by atoms with E-state index in [0.29, 0.717) is 6.07 Å². The van der Waals surface area contributed by atoms with Crippen molar-refractivity contribution >= 4 is 17.4 Å². The minimum absolute atomic E-state index is 0.162. The van der Waals surface area contributed by atoms with E-state index in [1.165, 1.54) is 0 Å². The minimum atomic E-state index is -4.64. The Bertz CT molecular complexity index is 488. The van der Waals surface area contributed by atoms with Crippen LogP contribution in [0.3, 0.4) is 0 Å². The van der Waals surface area contributed by atoms with Gasteiger partial charge in [-0.3, -0.25) is 4.79 Å². The molecule has 0 atom stereocenters. The Balaban J connectivity index is 3.58.